The summed E-state index contributed by atoms with van der Waals surface area (Å²) in [6.07, 6.45) is 15.7. The Morgan fingerprint density at radius 1 is 1.03 bits per heavy atom. The van der Waals surface area contributed by atoms with Crippen LogP contribution in [-0.2, 0) is 12.8 Å². The molecule has 3 atom stereocenters. The highest BCUT2D eigenvalue weighted by Gasteiger charge is 2.30. The van der Waals surface area contributed by atoms with E-state index in [4.69, 9.17) is 0 Å². The number of fused-ring (bicyclic) bond motifs is 1. The molecule has 2 aromatic rings. The van der Waals surface area contributed by atoms with Gasteiger partial charge in [0.05, 0.1) is 0 Å². The van der Waals surface area contributed by atoms with E-state index < -0.39 is 0 Å². The van der Waals surface area contributed by atoms with Crippen LogP contribution in [0.5, 0.6) is 0 Å². The maximum Gasteiger partial charge on any atom is 0.00826 e. The number of hydrogen-bond acceptors (Lipinski definition) is 0. The van der Waals surface area contributed by atoms with Crippen LogP contribution in [-0.4, -0.2) is 0 Å². The van der Waals surface area contributed by atoms with Gasteiger partial charge in [0.25, 0.3) is 0 Å². The second-order valence-electron chi connectivity index (χ2n) is 12.8. The molecular weight excluding hydrogens is 432 g/mol. The van der Waals surface area contributed by atoms with Gasteiger partial charge in [0.1, 0.15) is 0 Å². The maximum absolute atomic E-state index is 4.44. The van der Waals surface area contributed by atoms with Gasteiger partial charge < -0.3 is 0 Å². The fourth-order valence-corrected chi connectivity index (χ4v) is 7.23. The lowest BCUT2D eigenvalue weighted by Crippen LogP contribution is -2.24. The number of rotatable bonds is 5. The van der Waals surface area contributed by atoms with Crippen LogP contribution in [0.15, 0.2) is 72.4 Å². The Hall–Kier alpha value is -2.60. The zero-order valence-electron chi connectivity index (χ0n) is 23.2. The Bertz CT molecular complexity index is 1260. The van der Waals surface area contributed by atoms with Crippen molar-refractivity contribution in [3.8, 4) is 11.1 Å². The average Bonchev–Trinajstić information content (AvgIpc) is 3.23. The van der Waals surface area contributed by atoms with Crippen molar-refractivity contribution in [2.45, 2.75) is 79.6 Å². The van der Waals surface area contributed by atoms with Gasteiger partial charge in [-0.15, -0.1) is 0 Å². The number of hydrogen-bond donors (Lipinski definition) is 0. The van der Waals surface area contributed by atoms with Crippen LogP contribution in [0.3, 0.4) is 0 Å². The van der Waals surface area contributed by atoms with Gasteiger partial charge in [0.2, 0.25) is 0 Å². The molecule has 2 unspecified atom stereocenters. The molecule has 3 aliphatic carbocycles. The highest BCUT2D eigenvalue weighted by atomic mass is 14.3. The molecule has 0 heteroatoms. The third-order valence-electron chi connectivity index (χ3n) is 9.23. The summed E-state index contributed by atoms with van der Waals surface area (Å²) in [6, 6.07) is 11.8. The van der Waals surface area contributed by atoms with Gasteiger partial charge in [-0.2, -0.15) is 0 Å². The molecule has 0 saturated heterocycles. The van der Waals surface area contributed by atoms with Crippen LogP contribution in [0.2, 0.25) is 0 Å². The Balaban J connectivity index is 1.45. The normalized spacial score (nSPS) is 25.1. The van der Waals surface area contributed by atoms with E-state index in [2.05, 4.69) is 96.3 Å². The van der Waals surface area contributed by atoms with Crippen molar-refractivity contribution >= 4 is 6.08 Å². The van der Waals surface area contributed by atoms with Crippen LogP contribution in [0.4, 0.5) is 0 Å². The Labute approximate surface area is 219 Å². The van der Waals surface area contributed by atoms with Crippen LogP contribution in [0, 0.1) is 37.0 Å². The third kappa shape index (κ3) is 4.97. The van der Waals surface area contributed by atoms with Gasteiger partial charge in [-0.1, -0.05) is 112 Å². The molecule has 1 saturated carbocycles. The topological polar surface area (TPSA) is 0 Å². The molecule has 0 N–H and O–H groups in total. The lowest BCUT2D eigenvalue weighted by atomic mass is 9.70. The molecule has 0 nitrogen and oxygen atoms in total. The van der Waals surface area contributed by atoms with E-state index in [9.17, 15) is 0 Å². The molecule has 3 aliphatic rings. The second kappa shape index (κ2) is 9.70. The summed E-state index contributed by atoms with van der Waals surface area (Å²) >= 11 is 0. The molecule has 0 aliphatic heterocycles. The largest absolute Gasteiger partial charge is 0.0986 e. The molecule has 1 fully saturated rings. The molecule has 0 amide bonds. The molecule has 188 valence electrons. The molecule has 36 heavy (non-hydrogen) atoms. The SMILES string of the molecule is C=C1C=CC(C)C(=C)C1CC1=Cc2cccc(-c3cc(C)cc(C)c3C[C@@H]3CCCC(C)(C)C3)c2C1. The van der Waals surface area contributed by atoms with Gasteiger partial charge >= 0.3 is 0 Å². The summed E-state index contributed by atoms with van der Waals surface area (Å²) in [6.45, 7) is 20.6. The minimum Gasteiger partial charge on any atom is -0.0986 e. The van der Waals surface area contributed by atoms with Gasteiger partial charge in [-0.05, 0) is 102 Å². The summed E-state index contributed by atoms with van der Waals surface area (Å²) in [7, 11) is 0. The molecule has 0 spiro atoms. The van der Waals surface area contributed by atoms with Crippen LogP contribution in [0.1, 0.15) is 80.7 Å². The number of aryl methyl sites for hydroxylation is 2. The first-order valence-corrected chi connectivity index (χ1v) is 14.1. The smallest absolute Gasteiger partial charge is 0.00826 e. The average molecular weight is 477 g/mol. The Morgan fingerprint density at radius 3 is 2.61 bits per heavy atom. The van der Waals surface area contributed by atoms with E-state index in [-0.39, 0.29) is 0 Å². The van der Waals surface area contributed by atoms with E-state index in [0.29, 0.717) is 17.3 Å². The fourth-order valence-electron chi connectivity index (χ4n) is 7.23. The van der Waals surface area contributed by atoms with Crippen LogP contribution >= 0.6 is 0 Å². The first kappa shape index (κ1) is 25.1. The fraction of sp³-hybridized carbons (Fsp3) is 0.444. The van der Waals surface area contributed by atoms with Gasteiger partial charge in [0.15, 0.2) is 0 Å². The van der Waals surface area contributed by atoms with Crippen molar-refractivity contribution in [3.63, 3.8) is 0 Å². The molecule has 0 radical (unpaired) electrons. The van der Waals surface area contributed by atoms with Crippen molar-refractivity contribution < 1.29 is 0 Å². The van der Waals surface area contributed by atoms with E-state index in [1.54, 1.807) is 5.56 Å². The van der Waals surface area contributed by atoms with E-state index in [1.165, 1.54) is 82.2 Å². The first-order valence-electron chi connectivity index (χ1n) is 14.1. The van der Waals surface area contributed by atoms with Gasteiger partial charge in [-0.25, -0.2) is 0 Å². The molecular formula is C36H44. The maximum atomic E-state index is 4.44. The zero-order valence-corrected chi connectivity index (χ0v) is 23.2. The summed E-state index contributed by atoms with van der Waals surface area (Å²) in [5.74, 6) is 1.58. The molecule has 0 heterocycles. The third-order valence-corrected chi connectivity index (χ3v) is 9.23. The van der Waals surface area contributed by atoms with Crippen molar-refractivity contribution in [1.29, 1.82) is 0 Å². The summed E-state index contributed by atoms with van der Waals surface area (Å²) in [4.78, 5) is 0. The highest BCUT2D eigenvalue weighted by molar-refractivity contribution is 5.80. The predicted molar refractivity (Wildman–Crippen MR) is 157 cm³/mol. The van der Waals surface area contributed by atoms with Crippen molar-refractivity contribution in [1.82, 2.24) is 0 Å². The van der Waals surface area contributed by atoms with Crippen molar-refractivity contribution in [2.24, 2.45) is 23.2 Å². The zero-order chi connectivity index (χ0) is 25.6. The van der Waals surface area contributed by atoms with Crippen molar-refractivity contribution in [3.05, 3.63) is 100 Å². The van der Waals surface area contributed by atoms with E-state index in [1.807, 2.05) is 0 Å². The summed E-state index contributed by atoms with van der Waals surface area (Å²) in [5, 5.41) is 0. The van der Waals surface area contributed by atoms with Gasteiger partial charge in [-0.3, -0.25) is 0 Å². The molecule has 5 rings (SSSR count). The van der Waals surface area contributed by atoms with E-state index in [0.717, 1.165) is 18.8 Å². The minimum absolute atomic E-state index is 0.362. The molecule has 2 aromatic carbocycles. The Morgan fingerprint density at radius 2 is 1.83 bits per heavy atom. The second-order valence-corrected chi connectivity index (χ2v) is 12.8. The summed E-state index contributed by atoms with van der Waals surface area (Å²) in [5.41, 5.74) is 14.8. The van der Waals surface area contributed by atoms with Gasteiger partial charge in [0, 0.05) is 5.92 Å². The Kier molecular flexibility index (Phi) is 6.75. The van der Waals surface area contributed by atoms with Crippen LogP contribution in [0.25, 0.3) is 17.2 Å². The lowest BCUT2D eigenvalue weighted by molar-refractivity contribution is 0.180. The number of allylic oxidation sites excluding steroid dienone is 5. The quantitative estimate of drug-likeness (QED) is 0.377. The predicted octanol–water partition coefficient (Wildman–Crippen LogP) is 9.99. The minimum atomic E-state index is 0.362. The summed E-state index contributed by atoms with van der Waals surface area (Å²) < 4.78 is 0. The lowest BCUT2D eigenvalue weighted by Gasteiger charge is -2.36. The highest BCUT2D eigenvalue weighted by Crippen LogP contribution is 2.44. The standard InChI is InChI=1S/C36H44/c1-23-16-26(4)33(19-28-10-9-15-36(6,7)22-28)35(17-23)31-12-8-11-30-18-29(21-34(30)31)20-32-25(3)14-13-24(2)27(32)5/h8,11-14,16-18,24,28,32H,3,5,9-10,15,19-22H2,1-2,4,6-7H3/t24?,28-,32?/m0/s1. The van der Waals surface area contributed by atoms with Crippen LogP contribution < -0.4 is 0 Å². The number of benzene rings is 2. The monoisotopic (exact) mass is 476 g/mol. The molecule has 0 bridgehead atoms. The van der Waals surface area contributed by atoms with Crippen molar-refractivity contribution in [2.75, 3.05) is 0 Å². The molecule has 0 aromatic heterocycles. The van der Waals surface area contributed by atoms with E-state index >= 15 is 0 Å². The first-order chi connectivity index (χ1) is 17.1.